The van der Waals surface area contributed by atoms with Crippen molar-refractivity contribution in [3.05, 3.63) is 69.1 Å². The second-order valence-corrected chi connectivity index (χ2v) is 6.62. The van der Waals surface area contributed by atoms with Gasteiger partial charge in [-0.1, -0.05) is 48.3 Å². The molecule has 0 atom stereocenters. The van der Waals surface area contributed by atoms with Crippen molar-refractivity contribution in [1.82, 2.24) is 14.7 Å². The minimum Gasteiger partial charge on any atom is -0.347 e. The molecule has 142 valence electrons. The summed E-state index contributed by atoms with van der Waals surface area (Å²) in [7, 11) is 0. The van der Waals surface area contributed by atoms with E-state index < -0.39 is 17.6 Å². The molecule has 0 aliphatic heterocycles. The van der Waals surface area contributed by atoms with Gasteiger partial charge in [0.1, 0.15) is 5.69 Å². The second kappa shape index (κ2) is 7.40. The quantitative estimate of drug-likeness (QED) is 0.640. The van der Waals surface area contributed by atoms with Gasteiger partial charge in [-0.15, -0.1) is 0 Å². The molecule has 1 amide bonds. The highest BCUT2D eigenvalue weighted by molar-refractivity contribution is 6.33. The van der Waals surface area contributed by atoms with Gasteiger partial charge in [0, 0.05) is 17.8 Å². The lowest BCUT2D eigenvalue weighted by atomic mass is 10.2. The Labute approximate surface area is 162 Å². The molecule has 0 bridgehead atoms. The highest BCUT2D eigenvalue weighted by atomic mass is 35.5. The largest absolute Gasteiger partial charge is 0.417 e. The minimum absolute atomic E-state index is 0.0209. The average molecular weight is 416 g/mol. The molecule has 0 saturated carbocycles. The van der Waals surface area contributed by atoms with Gasteiger partial charge in [-0.3, -0.25) is 9.20 Å². The Morgan fingerprint density at radius 2 is 1.93 bits per heavy atom. The number of rotatable bonds is 4. The first-order chi connectivity index (χ1) is 12.7. The van der Waals surface area contributed by atoms with Gasteiger partial charge >= 0.3 is 6.18 Å². The molecule has 3 rings (SSSR count). The first-order valence-electron chi connectivity index (χ1n) is 8.01. The number of aryl methyl sites for hydroxylation is 1. The van der Waals surface area contributed by atoms with Crippen LogP contribution in [0.4, 0.5) is 13.2 Å². The lowest BCUT2D eigenvalue weighted by molar-refractivity contribution is -0.137. The Bertz CT molecular complexity index is 1010. The fourth-order valence-corrected chi connectivity index (χ4v) is 3.15. The zero-order chi connectivity index (χ0) is 19.8. The van der Waals surface area contributed by atoms with Gasteiger partial charge in [0.25, 0.3) is 5.91 Å². The lowest BCUT2D eigenvalue weighted by Crippen LogP contribution is -2.25. The summed E-state index contributed by atoms with van der Waals surface area (Å²) in [6.45, 7) is 1.88. The smallest absolute Gasteiger partial charge is 0.347 e. The standard InChI is InChI=1S/C18H14Cl2F3N3O/c1-2-14-15(17(27)24-8-10-5-3-4-6-12(10)19)26-9-11(18(21,22)23)7-13(20)16(26)25-14/h3-7,9H,2,8H2,1H3,(H,24,27). The zero-order valence-electron chi connectivity index (χ0n) is 14.1. The van der Waals surface area contributed by atoms with Crippen molar-refractivity contribution in [2.75, 3.05) is 0 Å². The summed E-state index contributed by atoms with van der Waals surface area (Å²) in [5.41, 5.74) is 0.207. The van der Waals surface area contributed by atoms with Crippen molar-refractivity contribution in [1.29, 1.82) is 0 Å². The van der Waals surface area contributed by atoms with E-state index in [1.165, 1.54) is 0 Å². The number of nitrogens with zero attached hydrogens (tertiary/aromatic N) is 2. The third kappa shape index (κ3) is 3.89. The number of hydrogen-bond donors (Lipinski definition) is 1. The van der Waals surface area contributed by atoms with Crippen molar-refractivity contribution in [3.8, 4) is 0 Å². The van der Waals surface area contributed by atoms with E-state index in [1.807, 2.05) is 0 Å². The summed E-state index contributed by atoms with van der Waals surface area (Å²) in [4.78, 5) is 16.9. The van der Waals surface area contributed by atoms with Crippen LogP contribution in [0.5, 0.6) is 0 Å². The third-order valence-corrected chi connectivity index (χ3v) is 4.67. The van der Waals surface area contributed by atoms with Crippen LogP contribution in [0.3, 0.4) is 0 Å². The van der Waals surface area contributed by atoms with Crippen LogP contribution in [0.2, 0.25) is 10.0 Å². The highest BCUT2D eigenvalue weighted by Crippen LogP contribution is 2.33. The summed E-state index contributed by atoms with van der Waals surface area (Å²) < 4.78 is 40.5. The number of hydrogen-bond acceptors (Lipinski definition) is 2. The van der Waals surface area contributed by atoms with Crippen molar-refractivity contribution in [2.45, 2.75) is 26.1 Å². The maximum Gasteiger partial charge on any atom is 0.417 e. The molecule has 4 nitrogen and oxygen atoms in total. The molecule has 0 radical (unpaired) electrons. The summed E-state index contributed by atoms with van der Waals surface area (Å²) >= 11 is 12.0. The summed E-state index contributed by atoms with van der Waals surface area (Å²) in [5.74, 6) is -0.560. The first kappa shape index (κ1) is 19.5. The molecule has 9 heteroatoms. The molecule has 0 fully saturated rings. The molecule has 0 unspecified atom stereocenters. The van der Waals surface area contributed by atoms with Crippen LogP contribution in [0.1, 0.15) is 34.2 Å². The number of carbonyl (C=O) groups excluding carboxylic acids is 1. The van der Waals surface area contributed by atoms with Gasteiger partial charge in [-0.05, 0) is 24.1 Å². The Hall–Kier alpha value is -2.25. The van der Waals surface area contributed by atoms with Crippen LogP contribution < -0.4 is 5.32 Å². The number of pyridine rings is 1. The van der Waals surface area contributed by atoms with E-state index in [-0.39, 0.29) is 22.9 Å². The van der Waals surface area contributed by atoms with Gasteiger partial charge in [0.15, 0.2) is 5.65 Å². The molecular weight excluding hydrogens is 402 g/mol. The minimum atomic E-state index is -4.60. The van der Waals surface area contributed by atoms with Crippen molar-refractivity contribution >= 4 is 34.8 Å². The number of alkyl halides is 3. The van der Waals surface area contributed by atoms with Gasteiger partial charge in [-0.2, -0.15) is 13.2 Å². The van der Waals surface area contributed by atoms with Crippen LogP contribution in [0.15, 0.2) is 36.5 Å². The van der Waals surface area contributed by atoms with Crippen LogP contribution in [-0.2, 0) is 19.1 Å². The zero-order valence-corrected chi connectivity index (χ0v) is 15.6. The van der Waals surface area contributed by atoms with Crippen LogP contribution >= 0.6 is 23.2 Å². The molecule has 2 aromatic heterocycles. The normalized spacial score (nSPS) is 11.8. The maximum absolute atomic E-state index is 13.1. The molecule has 27 heavy (non-hydrogen) atoms. The van der Waals surface area contributed by atoms with E-state index >= 15 is 0 Å². The van der Waals surface area contributed by atoms with E-state index in [2.05, 4.69) is 10.3 Å². The van der Waals surface area contributed by atoms with E-state index in [4.69, 9.17) is 23.2 Å². The van der Waals surface area contributed by atoms with Crippen LogP contribution in [0, 0.1) is 0 Å². The monoisotopic (exact) mass is 415 g/mol. The third-order valence-electron chi connectivity index (χ3n) is 4.02. The molecule has 1 aromatic carbocycles. The molecular formula is C18H14Cl2F3N3O. The first-order valence-corrected chi connectivity index (χ1v) is 8.77. The molecule has 2 heterocycles. The Balaban J connectivity index is 2.02. The average Bonchev–Trinajstić information content (AvgIpc) is 2.99. The predicted octanol–water partition coefficient (Wildman–Crippen LogP) is 5.15. The van der Waals surface area contributed by atoms with E-state index in [0.717, 1.165) is 16.7 Å². The van der Waals surface area contributed by atoms with Crippen molar-refractivity contribution < 1.29 is 18.0 Å². The SMILES string of the molecule is CCc1nc2c(Cl)cc(C(F)(F)F)cn2c1C(=O)NCc1ccccc1Cl. The van der Waals surface area contributed by atoms with Crippen LogP contribution in [-0.4, -0.2) is 15.3 Å². The Morgan fingerprint density at radius 1 is 1.22 bits per heavy atom. The Morgan fingerprint density at radius 3 is 2.56 bits per heavy atom. The highest BCUT2D eigenvalue weighted by Gasteiger charge is 2.33. The topological polar surface area (TPSA) is 46.4 Å². The number of imidazole rings is 1. The molecule has 0 aliphatic rings. The number of carbonyl (C=O) groups is 1. The number of benzene rings is 1. The molecule has 0 spiro atoms. The number of halogens is 5. The van der Waals surface area contributed by atoms with E-state index in [9.17, 15) is 18.0 Å². The van der Waals surface area contributed by atoms with Crippen LogP contribution in [0.25, 0.3) is 5.65 Å². The predicted molar refractivity (Wildman–Crippen MR) is 97.2 cm³/mol. The van der Waals surface area contributed by atoms with Crippen molar-refractivity contribution in [3.63, 3.8) is 0 Å². The number of fused-ring (bicyclic) bond motifs is 1. The number of amides is 1. The van der Waals surface area contributed by atoms with Gasteiger partial charge in [0.2, 0.25) is 0 Å². The van der Waals surface area contributed by atoms with Crippen molar-refractivity contribution in [2.24, 2.45) is 0 Å². The molecule has 3 aromatic rings. The van der Waals surface area contributed by atoms with Gasteiger partial charge < -0.3 is 5.32 Å². The summed E-state index contributed by atoms with van der Waals surface area (Å²) in [6, 6.07) is 7.76. The molecule has 1 N–H and O–H groups in total. The number of nitrogens with one attached hydrogen (secondary N) is 1. The summed E-state index contributed by atoms with van der Waals surface area (Å²) in [6.07, 6.45) is -3.41. The molecule has 0 aliphatic carbocycles. The maximum atomic E-state index is 13.1. The Kier molecular flexibility index (Phi) is 5.35. The van der Waals surface area contributed by atoms with E-state index in [1.54, 1.807) is 31.2 Å². The lowest BCUT2D eigenvalue weighted by Gasteiger charge is -2.11. The fraction of sp³-hybridized carbons (Fsp3) is 0.222. The van der Waals surface area contributed by atoms with Gasteiger partial charge in [0.05, 0.1) is 16.3 Å². The fourth-order valence-electron chi connectivity index (χ4n) is 2.69. The van der Waals surface area contributed by atoms with Gasteiger partial charge in [-0.25, -0.2) is 4.98 Å². The molecule has 0 saturated heterocycles. The van der Waals surface area contributed by atoms with E-state index in [0.29, 0.717) is 22.7 Å². The second-order valence-electron chi connectivity index (χ2n) is 5.80. The number of aromatic nitrogens is 2. The summed E-state index contributed by atoms with van der Waals surface area (Å²) in [5, 5.41) is 2.98.